The van der Waals surface area contributed by atoms with Crippen LogP contribution >= 0.6 is 23.2 Å². The zero-order valence-corrected chi connectivity index (χ0v) is 14.5. The molecule has 1 aliphatic rings. The molecular formula is C17H17Cl2N3O2. The molecular weight excluding hydrogens is 349 g/mol. The van der Waals surface area contributed by atoms with Gasteiger partial charge in [-0.15, -0.1) is 0 Å². The van der Waals surface area contributed by atoms with Gasteiger partial charge in [-0.25, -0.2) is 0 Å². The number of amides is 1. The second kappa shape index (κ2) is 7.73. The molecule has 1 aromatic carbocycles. The van der Waals surface area contributed by atoms with Crippen LogP contribution in [-0.2, 0) is 4.79 Å². The number of carbonyl (C=O) groups is 1. The van der Waals surface area contributed by atoms with E-state index >= 15 is 0 Å². The number of benzene rings is 1. The molecule has 0 aliphatic carbocycles. The maximum atomic E-state index is 12.3. The van der Waals surface area contributed by atoms with Gasteiger partial charge in [-0.3, -0.25) is 9.78 Å². The predicted molar refractivity (Wildman–Crippen MR) is 95.0 cm³/mol. The number of halogens is 2. The minimum Gasteiger partial charge on any atom is -0.482 e. The molecule has 126 valence electrons. The van der Waals surface area contributed by atoms with Gasteiger partial charge in [0, 0.05) is 44.3 Å². The van der Waals surface area contributed by atoms with Gasteiger partial charge in [0.1, 0.15) is 10.8 Å². The maximum Gasteiger partial charge on any atom is 0.260 e. The second-order valence-corrected chi connectivity index (χ2v) is 6.20. The largest absolute Gasteiger partial charge is 0.482 e. The Morgan fingerprint density at radius 2 is 1.79 bits per heavy atom. The van der Waals surface area contributed by atoms with Crippen LogP contribution in [0.1, 0.15) is 0 Å². The number of piperazine rings is 1. The second-order valence-electron chi connectivity index (χ2n) is 5.41. The highest BCUT2D eigenvalue weighted by atomic mass is 35.5. The van der Waals surface area contributed by atoms with E-state index in [2.05, 4.69) is 9.88 Å². The number of hydrogen-bond donors (Lipinski definition) is 0. The van der Waals surface area contributed by atoms with Crippen LogP contribution in [-0.4, -0.2) is 48.6 Å². The van der Waals surface area contributed by atoms with E-state index in [9.17, 15) is 4.79 Å². The third kappa shape index (κ3) is 3.91. The fourth-order valence-corrected chi connectivity index (χ4v) is 2.94. The van der Waals surface area contributed by atoms with Crippen LogP contribution < -0.4 is 9.64 Å². The topological polar surface area (TPSA) is 45.7 Å². The van der Waals surface area contributed by atoms with Crippen molar-refractivity contribution < 1.29 is 9.53 Å². The molecule has 0 radical (unpaired) electrons. The van der Waals surface area contributed by atoms with Crippen molar-refractivity contribution in [2.45, 2.75) is 0 Å². The zero-order chi connectivity index (χ0) is 16.9. The van der Waals surface area contributed by atoms with Gasteiger partial charge in [-0.05, 0) is 24.3 Å². The Bertz CT molecular complexity index is 704. The molecule has 2 aromatic rings. The van der Waals surface area contributed by atoms with Crippen molar-refractivity contribution in [3.63, 3.8) is 0 Å². The molecule has 5 nitrogen and oxygen atoms in total. The van der Waals surface area contributed by atoms with Crippen LogP contribution in [0.15, 0.2) is 42.7 Å². The highest BCUT2D eigenvalue weighted by molar-refractivity contribution is 6.42. The predicted octanol–water partition coefficient (Wildman–Crippen LogP) is 3.12. The zero-order valence-electron chi connectivity index (χ0n) is 13.0. The normalized spacial score (nSPS) is 14.6. The number of aromatic nitrogens is 1. The summed E-state index contributed by atoms with van der Waals surface area (Å²) in [5.74, 6) is 0.369. The van der Waals surface area contributed by atoms with E-state index in [1.54, 1.807) is 35.5 Å². The Morgan fingerprint density at radius 3 is 2.50 bits per heavy atom. The summed E-state index contributed by atoms with van der Waals surface area (Å²) in [7, 11) is 0. The first-order valence-corrected chi connectivity index (χ1v) is 8.40. The number of carbonyl (C=O) groups excluding carboxylic acids is 1. The highest BCUT2D eigenvalue weighted by Gasteiger charge is 2.21. The van der Waals surface area contributed by atoms with Gasteiger partial charge in [0.2, 0.25) is 0 Å². The number of anilines is 1. The smallest absolute Gasteiger partial charge is 0.260 e. The molecule has 0 bridgehead atoms. The first-order valence-electron chi connectivity index (χ1n) is 7.64. The Kier molecular flexibility index (Phi) is 5.43. The molecule has 1 aromatic heterocycles. The Balaban J connectivity index is 1.51. The SMILES string of the molecule is O=C(COc1cccc(Cl)c1Cl)N1CCN(c2ccncc2)CC1. The van der Waals surface area contributed by atoms with E-state index in [0.29, 0.717) is 28.9 Å². The third-order valence-corrected chi connectivity index (χ3v) is 4.73. The van der Waals surface area contributed by atoms with E-state index in [1.807, 2.05) is 12.1 Å². The van der Waals surface area contributed by atoms with Crippen LogP contribution in [0.3, 0.4) is 0 Å². The lowest BCUT2D eigenvalue weighted by Gasteiger charge is -2.36. The molecule has 0 saturated carbocycles. The molecule has 7 heteroatoms. The van der Waals surface area contributed by atoms with Crippen molar-refractivity contribution >= 4 is 34.8 Å². The Labute approximate surface area is 150 Å². The van der Waals surface area contributed by atoms with Crippen LogP contribution in [0.25, 0.3) is 0 Å². The van der Waals surface area contributed by atoms with E-state index < -0.39 is 0 Å². The Morgan fingerprint density at radius 1 is 1.08 bits per heavy atom. The summed E-state index contributed by atoms with van der Waals surface area (Å²) in [6.07, 6.45) is 3.55. The van der Waals surface area contributed by atoms with Gasteiger partial charge >= 0.3 is 0 Å². The van der Waals surface area contributed by atoms with Crippen LogP contribution in [0, 0.1) is 0 Å². The van der Waals surface area contributed by atoms with E-state index in [4.69, 9.17) is 27.9 Å². The van der Waals surface area contributed by atoms with Crippen molar-refractivity contribution in [2.24, 2.45) is 0 Å². The van der Waals surface area contributed by atoms with Gasteiger partial charge < -0.3 is 14.5 Å². The number of rotatable bonds is 4. The molecule has 1 amide bonds. The average molecular weight is 366 g/mol. The minimum atomic E-state index is -0.0552. The summed E-state index contributed by atoms with van der Waals surface area (Å²) in [5, 5.41) is 0.738. The lowest BCUT2D eigenvalue weighted by molar-refractivity contribution is -0.133. The summed E-state index contributed by atoms with van der Waals surface area (Å²) < 4.78 is 5.51. The number of pyridine rings is 1. The van der Waals surface area contributed by atoms with Crippen LogP contribution in [0.2, 0.25) is 10.0 Å². The fourth-order valence-electron chi connectivity index (χ4n) is 2.60. The highest BCUT2D eigenvalue weighted by Crippen LogP contribution is 2.31. The monoisotopic (exact) mass is 365 g/mol. The number of hydrogen-bond acceptors (Lipinski definition) is 4. The quantitative estimate of drug-likeness (QED) is 0.834. The van der Waals surface area contributed by atoms with Crippen molar-refractivity contribution in [3.8, 4) is 5.75 Å². The van der Waals surface area contributed by atoms with E-state index in [1.165, 1.54) is 0 Å². The molecule has 2 heterocycles. The van der Waals surface area contributed by atoms with Gasteiger partial charge in [0.15, 0.2) is 6.61 Å². The van der Waals surface area contributed by atoms with Gasteiger partial charge in [0.25, 0.3) is 5.91 Å². The van der Waals surface area contributed by atoms with Crippen molar-refractivity contribution in [3.05, 3.63) is 52.8 Å². The van der Waals surface area contributed by atoms with Crippen molar-refractivity contribution in [1.29, 1.82) is 0 Å². The standard InChI is InChI=1S/C17H17Cl2N3O2/c18-14-2-1-3-15(17(14)19)24-12-16(23)22-10-8-21(9-11-22)13-4-6-20-7-5-13/h1-7H,8-12H2. The lowest BCUT2D eigenvalue weighted by atomic mass is 10.2. The van der Waals surface area contributed by atoms with E-state index in [0.717, 1.165) is 18.8 Å². The summed E-state index contributed by atoms with van der Waals surface area (Å²) >= 11 is 12.0. The van der Waals surface area contributed by atoms with E-state index in [-0.39, 0.29) is 12.5 Å². The molecule has 24 heavy (non-hydrogen) atoms. The van der Waals surface area contributed by atoms with Gasteiger partial charge in [-0.1, -0.05) is 29.3 Å². The molecule has 0 unspecified atom stereocenters. The third-order valence-electron chi connectivity index (χ3n) is 3.93. The molecule has 3 rings (SSSR count). The molecule has 1 aliphatic heterocycles. The first kappa shape index (κ1) is 16.9. The summed E-state index contributed by atoms with van der Waals surface area (Å²) in [4.78, 5) is 20.4. The number of nitrogens with zero attached hydrogens (tertiary/aromatic N) is 3. The summed E-state index contributed by atoms with van der Waals surface area (Å²) in [5.41, 5.74) is 1.12. The molecule has 0 spiro atoms. The van der Waals surface area contributed by atoms with Gasteiger partial charge in [-0.2, -0.15) is 0 Å². The lowest BCUT2D eigenvalue weighted by Crippen LogP contribution is -2.50. The van der Waals surface area contributed by atoms with Crippen molar-refractivity contribution in [2.75, 3.05) is 37.7 Å². The van der Waals surface area contributed by atoms with Crippen molar-refractivity contribution in [1.82, 2.24) is 9.88 Å². The first-order chi connectivity index (χ1) is 11.6. The van der Waals surface area contributed by atoms with Gasteiger partial charge in [0.05, 0.1) is 5.02 Å². The van der Waals surface area contributed by atoms with Crippen LogP contribution in [0.5, 0.6) is 5.75 Å². The molecule has 0 N–H and O–H groups in total. The molecule has 1 fully saturated rings. The molecule has 1 saturated heterocycles. The average Bonchev–Trinajstić information content (AvgIpc) is 2.63. The van der Waals surface area contributed by atoms with Crippen LogP contribution in [0.4, 0.5) is 5.69 Å². The molecule has 0 atom stereocenters. The summed E-state index contributed by atoms with van der Waals surface area (Å²) in [6.45, 7) is 2.85. The Hall–Kier alpha value is -1.98. The summed E-state index contributed by atoms with van der Waals surface area (Å²) in [6, 6.07) is 9.06. The maximum absolute atomic E-state index is 12.3. The fraction of sp³-hybridized carbons (Fsp3) is 0.294. The minimum absolute atomic E-state index is 0.0463. The number of ether oxygens (including phenoxy) is 1.